The van der Waals surface area contributed by atoms with E-state index in [0.717, 1.165) is 0 Å². The van der Waals surface area contributed by atoms with Gasteiger partial charge in [0.15, 0.2) is 11.9 Å². The Hall–Kier alpha value is -3.80. The topological polar surface area (TPSA) is 317 Å². The van der Waals surface area contributed by atoms with Gasteiger partial charge in [-0.1, -0.05) is 0 Å². The first-order chi connectivity index (χ1) is 17.8. The van der Waals surface area contributed by atoms with Crippen molar-refractivity contribution in [1.82, 2.24) is 16.0 Å². The molecule has 0 saturated heterocycles. The summed E-state index contributed by atoms with van der Waals surface area (Å²) < 4.78 is 0. The lowest BCUT2D eigenvalue weighted by Crippen LogP contribution is -2.57. The number of rotatable bonds is 19. The highest BCUT2D eigenvalue weighted by atomic mass is 32.1. The number of carbonyl (C=O) groups excluding carboxylic acids is 3. The predicted octanol–water partition coefficient (Wildman–Crippen LogP) is -4.25. The van der Waals surface area contributed by atoms with Crippen LogP contribution in [-0.4, -0.2) is 94.8 Å². The first kappa shape index (κ1) is 34.2. The largest absolute Gasteiger partial charge is 0.481 e. The van der Waals surface area contributed by atoms with E-state index in [9.17, 15) is 29.1 Å². The molecule has 0 bridgehead atoms. The van der Waals surface area contributed by atoms with Crippen molar-refractivity contribution in [2.75, 3.05) is 18.8 Å². The second kappa shape index (κ2) is 18.4. The fourth-order valence-electron chi connectivity index (χ4n) is 2.98. The number of nitrogens with one attached hydrogen (secondary N) is 3. The van der Waals surface area contributed by atoms with Gasteiger partial charge in [-0.25, -0.2) is 4.79 Å². The molecule has 4 atom stereocenters. The van der Waals surface area contributed by atoms with Crippen LogP contribution in [0.25, 0.3) is 0 Å². The van der Waals surface area contributed by atoms with Gasteiger partial charge in [0.2, 0.25) is 17.7 Å². The van der Waals surface area contributed by atoms with E-state index in [2.05, 4.69) is 38.6 Å². The van der Waals surface area contributed by atoms with Gasteiger partial charge in [0.25, 0.3) is 0 Å². The molecule has 15 N–H and O–H groups in total. The maximum absolute atomic E-state index is 13.0. The van der Waals surface area contributed by atoms with Crippen molar-refractivity contribution in [3.63, 3.8) is 0 Å². The van der Waals surface area contributed by atoms with Gasteiger partial charge in [0, 0.05) is 25.3 Å². The molecule has 0 aliphatic rings. The van der Waals surface area contributed by atoms with Crippen LogP contribution in [0.1, 0.15) is 38.5 Å². The smallest absolute Gasteiger partial charge is 0.326 e. The minimum absolute atomic E-state index is 0.00850. The van der Waals surface area contributed by atoms with E-state index in [0.29, 0.717) is 0 Å². The molecule has 0 aliphatic heterocycles. The lowest BCUT2D eigenvalue weighted by molar-refractivity contribution is -0.142. The van der Waals surface area contributed by atoms with Crippen molar-refractivity contribution in [1.29, 1.82) is 0 Å². The van der Waals surface area contributed by atoms with Crippen LogP contribution in [-0.2, 0) is 24.0 Å². The lowest BCUT2D eigenvalue weighted by Gasteiger charge is -2.25. The quantitative estimate of drug-likeness (QED) is 0.0308. The predicted molar refractivity (Wildman–Crippen MR) is 142 cm³/mol. The Kier molecular flexibility index (Phi) is 16.6. The maximum Gasteiger partial charge on any atom is 0.326 e. The van der Waals surface area contributed by atoms with Crippen molar-refractivity contribution in [3.8, 4) is 0 Å². The first-order valence-electron chi connectivity index (χ1n) is 11.6. The number of aliphatic carboxylic acids is 2. The first-order valence-corrected chi connectivity index (χ1v) is 12.2. The van der Waals surface area contributed by atoms with Gasteiger partial charge in [0.05, 0.1) is 6.04 Å². The summed E-state index contributed by atoms with van der Waals surface area (Å²) in [4.78, 5) is 68.4. The van der Waals surface area contributed by atoms with Gasteiger partial charge in [-0.05, 0) is 32.1 Å². The zero-order valence-corrected chi connectivity index (χ0v) is 21.7. The zero-order valence-electron chi connectivity index (χ0n) is 20.8. The van der Waals surface area contributed by atoms with E-state index >= 15 is 0 Å². The van der Waals surface area contributed by atoms with Crippen molar-refractivity contribution in [3.05, 3.63) is 0 Å². The number of hydrogen-bond acceptors (Lipinski definition) is 9. The summed E-state index contributed by atoms with van der Waals surface area (Å²) >= 11 is 3.92. The summed E-state index contributed by atoms with van der Waals surface area (Å²) in [6.45, 7) is 0.249. The summed E-state index contributed by atoms with van der Waals surface area (Å²) in [7, 11) is 0. The van der Waals surface area contributed by atoms with Gasteiger partial charge >= 0.3 is 11.9 Å². The van der Waals surface area contributed by atoms with Crippen LogP contribution in [0.3, 0.4) is 0 Å². The van der Waals surface area contributed by atoms with Crippen LogP contribution in [0.5, 0.6) is 0 Å². The van der Waals surface area contributed by atoms with E-state index < -0.39 is 60.2 Å². The van der Waals surface area contributed by atoms with Crippen molar-refractivity contribution < 1.29 is 34.2 Å². The molecule has 18 heteroatoms. The second-order valence-corrected chi connectivity index (χ2v) is 8.51. The molecule has 0 heterocycles. The summed E-state index contributed by atoms with van der Waals surface area (Å²) in [5.74, 6) is -5.35. The van der Waals surface area contributed by atoms with E-state index in [1.165, 1.54) is 0 Å². The maximum atomic E-state index is 13.0. The highest BCUT2D eigenvalue weighted by molar-refractivity contribution is 7.80. The molecule has 0 fully saturated rings. The number of hydrogen-bond donors (Lipinski definition) is 11. The Bertz CT molecular complexity index is 878. The highest BCUT2D eigenvalue weighted by Crippen LogP contribution is 2.06. The summed E-state index contributed by atoms with van der Waals surface area (Å²) in [6, 6.07) is -4.98. The van der Waals surface area contributed by atoms with E-state index in [1.54, 1.807) is 0 Å². The second-order valence-electron chi connectivity index (χ2n) is 8.14. The Morgan fingerprint density at radius 2 is 1.13 bits per heavy atom. The Labute approximate surface area is 224 Å². The Balaban J connectivity index is 5.64. The molecule has 17 nitrogen and oxygen atoms in total. The van der Waals surface area contributed by atoms with E-state index in [-0.39, 0.29) is 62.9 Å². The van der Waals surface area contributed by atoms with Gasteiger partial charge < -0.3 is 54.8 Å². The van der Waals surface area contributed by atoms with Gasteiger partial charge in [-0.15, -0.1) is 0 Å². The van der Waals surface area contributed by atoms with Crippen LogP contribution < -0.4 is 44.6 Å². The van der Waals surface area contributed by atoms with Crippen LogP contribution in [0, 0.1) is 0 Å². The molecule has 0 aromatic rings. The average molecular weight is 563 g/mol. The molecule has 3 amide bonds. The highest BCUT2D eigenvalue weighted by Gasteiger charge is 2.30. The number of carboxylic acids is 2. The molecule has 0 aliphatic carbocycles. The van der Waals surface area contributed by atoms with E-state index in [4.69, 9.17) is 33.8 Å². The SMILES string of the molecule is NC(N)=NCCCC(NC(=O)C(CCCN=C(N)N)NC(=O)C(CCC(=O)O)NC(=O)C(N)CS)C(=O)O. The van der Waals surface area contributed by atoms with Crippen molar-refractivity contribution in [2.45, 2.75) is 62.7 Å². The normalized spacial score (nSPS) is 13.6. The number of carboxylic acid groups (broad SMARTS) is 2. The molecule has 0 radical (unpaired) electrons. The van der Waals surface area contributed by atoms with Crippen LogP contribution in [0.4, 0.5) is 0 Å². The number of carbonyl (C=O) groups is 5. The molecule has 216 valence electrons. The average Bonchev–Trinajstić information content (AvgIpc) is 2.83. The number of aliphatic imine (C=N–C) groups is 2. The third kappa shape index (κ3) is 15.3. The molecule has 0 aromatic heterocycles. The monoisotopic (exact) mass is 562 g/mol. The Morgan fingerprint density at radius 3 is 1.55 bits per heavy atom. The van der Waals surface area contributed by atoms with Crippen molar-refractivity contribution >= 4 is 54.2 Å². The number of thiol groups is 1. The van der Waals surface area contributed by atoms with Crippen LogP contribution >= 0.6 is 12.6 Å². The minimum Gasteiger partial charge on any atom is -0.481 e. The van der Waals surface area contributed by atoms with Gasteiger partial charge in [-0.2, -0.15) is 12.6 Å². The molecule has 0 rings (SSSR count). The van der Waals surface area contributed by atoms with Crippen LogP contribution in [0.2, 0.25) is 0 Å². The summed E-state index contributed by atoms with van der Waals surface area (Å²) in [5, 5.41) is 25.7. The molecule has 4 unspecified atom stereocenters. The van der Waals surface area contributed by atoms with Gasteiger partial charge in [-0.3, -0.25) is 29.2 Å². The van der Waals surface area contributed by atoms with E-state index in [1.807, 2.05) is 0 Å². The molecule has 0 spiro atoms. The third-order valence-electron chi connectivity index (χ3n) is 4.95. The number of amides is 3. The fourth-order valence-corrected chi connectivity index (χ4v) is 3.14. The standard InChI is InChI=1S/C20H38N10O7S/c21-10(9-38)15(33)28-12(5-6-14(31)32)17(35)29-11(3-1-7-26-19(22)23)16(34)30-13(18(36)37)4-2-8-27-20(24)25/h10-13,38H,1-9,21H2,(H,28,33)(H,29,35)(H,30,34)(H,31,32)(H,36,37)(H4,22,23,26)(H4,24,25,27). The molecular formula is C20H38N10O7S. The number of nitrogens with two attached hydrogens (primary N) is 5. The molecule has 38 heavy (non-hydrogen) atoms. The third-order valence-corrected chi connectivity index (χ3v) is 5.34. The minimum atomic E-state index is -1.34. The zero-order chi connectivity index (χ0) is 29.3. The fraction of sp³-hybridized carbons (Fsp3) is 0.650. The summed E-state index contributed by atoms with van der Waals surface area (Å²) in [6.07, 6.45) is -0.319. The molecular weight excluding hydrogens is 524 g/mol. The molecule has 0 saturated carbocycles. The lowest BCUT2D eigenvalue weighted by atomic mass is 10.1. The Morgan fingerprint density at radius 1 is 0.711 bits per heavy atom. The van der Waals surface area contributed by atoms with Crippen LogP contribution in [0.15, 0.2) is 9.98 Å². The summed E-state index contributed by atoms with van der Waals surface area (Å²) in [5.41, 5.74) is 26.7. The number of guanidine groups is 2. The van der Waals surface area contributed by atoms with Crippen molar-refractivity contribution in [2.24, 2.45) is 38.7 Å². The molecule has 0 aromatic carbocycles. The van der Waals surface area contributed by atoms with Gasteiger partial charge in [0.1, 0.15) is 18.1 Å². The number of nitrogens with zero attached hydrogens (tertiary/aromatic N) is 2.